The number of piperazine rings is 1. The molecule has 0 bridgehead atoms. The second-order valence-corrected chi connectivity index (χ2v) is 6.17. The molecule has 1 saturated heterocycles. The van der Waals surface area contributed by atoms with Crippen molar-refractivity contribution in [3.63, 3.8) is 0 Å². The molecule has 1 aliphatic heterocycles. The summed E-state index contributed by atoms with van der Waals surface area (Å²) in [6.07, 6.45) is 1.68. The van der Waals surface area contributed by atoms with Crippen LogP contribution in [-0.2, 0) is 4.79 Å². The first-order valence-corrected chi connectivity index (χ1v) is 8.34. The van der Waals surface area contributed by atoms with Gasteiger partial charge in [0.05, 0.1) is 18.7 Å². The molecule has 1 fully saturated rings. The number of rotatable bonds is 4. The number of hydrogen-bond acceptors (Lipinski definition) is 7. The monoisotopic (exact) mass is 345 g/mol. The highest BCUT2D eigenvalue weighted by Crippen LogP contribution is 2.25. The molecule has 3 rings (SSSR count). The molecule has 0 radical (unpaired) electrons. The lowest BCUT2D eigenvalue weighted by Crippen LogP contribution is -2.50. The molecule has 0 N–H and O–H groups in total. The topological polar surface area (TPSA) is 84.6 Å². The first-order valence-electron chi connectivity index (χ1n) is 8.34. The zero-order valence-electron chi connectivity index (χ0n) is 15.0. The summed E-state index contributed by atoms with van der Waals surface area (Å²) in [4.78, 5) is 25.4. The first kappa shape index (κ1) is 17.2. The number of nitrogens with zero attached hydrogens (tertiary/aromatic N) is 5. The van der Waals surface area contributed by atoms with Gasteiger partial charge < -0.3 is 19.1 Å². The zero-order valence-corrected chi connectivity index (χ0v) is 15.0. The molecule has 1 unspecified atom stereocenters. The van der Waals surface area contributed by atoms with Crippen LogP contribution in [0.5, 0.6) is 5.88 Å². The van der Waals surface area contributed by atoms with Crippen LogP contribution in [0.4, 0.5) is 5.95 Å². The molecular formula is C17H23N5O3. The minimum Gasteiger partial charge on any atom is -0.481 e. The van der Waals surface area contributed by atoms with Gasteiger partial charge in [0.2, 0.25) is 17.7 Å². The Morgan fingerprint density at radius 2 is 2.00 bits per heavy atom. The molecule has 2 aromatic rings. The SMILES string of the molecule is COc1ccnc(N2CCN(C(=O)C(C)c3c(C)noc3C)CC2)n1. The molecular weight excluding hydrogens is 322 g/mol. The van der Waals surface area contributed by atoms with E-state index in [1.165, 1.54) is 0 Å². The molecule has 1 atom stereocenters. The second-order valence-electron chi connectivity index (χ2n) is 6.17. The molecule has 8 nitrogen and oxygen atoms in total. The van der Waals surface area contributed by atoms with Gasteiger partial charge in [-0.15, -0.1) is 0 Å². The Kier molecular flexibility index (Phi) is 4.87. The zero-order chi connectivity index (χ0) is 18.0. The van der Waals surface area contributed by atoms with Crippen molar-refractivity contribution >= 4 is 11.9 Å². The molecule has 0 aliphatic carbocycles. The third kappa shape index (κ3) is 3.42. The summed E-state index contributed by atoms with van der Waals surface area (Å²) in [6.45, 7) is 8.26. The molecule has 8 heteroatoms. The fourth-order valence-electron chi connectivity index (χ4n) is 3.23. The lowest BCUT2D eigenvalue weighted by Gasteiger charge is -2.36. The molecule has 25 heavy (non-hydrogen) atoms. The number of aryl methyl sites for hydroxylation is 2. The van der Waals surface area contributed by atoms with Crippen molar-refractivity contribution in [1.29, 1.82) is 0 Å². The van der Waals surface area contributed by atoms with E-state index in [9.17, 15) is 4.79 Å². The maximum Gasteiger partial charge on any atom is 0.230 e. The molecule has 0 spiro atoms. The molecule has 2 aromatic heterocycles. The number of carbonyl (C=O) groups is 1. The maximum atomic E-state index is 12.8. The van der Waals surface area contributed by atoms with Crippen molar-refractivity contribution in [1.82, 2.24) is 20.0 Å². The van der Waals surface area contributed by atoms with Gasteiger partial charge in [-0.1, -0.05) is 5.16 Å². The Balaban J connectivity index is 1.64. The van der Waals surface area contributed by atoms with E-state index >= 15 is 0 Å². The van der Waals surface area contributed by atoms with Crippen LogP contribution in [0.3, 0.4) is 0 Å². The Hall–Kier alpha value is -2.64. The summed E-state index contributed by atoms with van der Waals surface area (Å²) < 4.78 is 10.3. The van der Waals surface area contributed by atoms with E-state index in [2.05, 4.69) is 20.0 Å². The van der Waals surface area contributed by atoms with E-state index in [0.29, 0.717) is 43.8 Å². The van der Waals surface area contributed by atoms with Crippen LogP contribution in [0.25, 0.3) is 0 Å². The predicted molar refractivity (Wildman–Crippen MR) is 91.8 cm³/mol. The highest BCUT2D eigenvalue weighted by atomic mass is 16.5. The van der Waals surface area contributed by atoms with Gasteiger partial charge in [-0.25, -0.2) is 4.98 Å². The number of carbonyl (C=O) groups excluding carboxylic acids is 1. The van der Waals surface area contributed by atoms with Gasteiger partial charge in [-0.2, -0.15) is 4.98 Å². The summed E-state index contributed by atoms with van der Waals surface area (Å²) in [5.41, 5.74) is 1.67. The fraction of sp³-hybridized carbons (Fsp3) is 0.529. The van der Waals surface area contributed by atoms with Gasteiger partial charge in [0, 0.05) is 44.0 Å². The van der Waals surface area contributed by atoms with Crippen LogP contribution in [0.1, 0.15) is 29.9 Å². The van der Waals surface area contributed by atoms with E-state index in [0.717, 1.165) is 11.3 Å². The van der Waals surface area contributed by atoms with Crippen molar-refractivity contribution in [3.8, 4) is 5.88 Å². The summed E-state index contributed by atoms with van der Waals surface area (Å²) >= 11 is 0. The van der Waals surface area contributed by atoms with E-state index in [4.69, 9.17) is 9.26 Å². The molecule has 0 aromatic carbocycles. The van der Waals surface area contributed by atoms with Crippen LogP contribution in [0.15, 0.2) is 16.8 Å². The number of aromatic nitrogens is 3. The van der Waals surface area contributed by atoms with E-state index in [-0.39, 0.29) is 11.8 Å². The Bertz CT molecular complexity index is 733. The lowest BCUT2D eigenvalue weighted by atomic mass is 9.97. The second kappa shape index (κ2) is 7.08. The highest BCUT2D eigenvalue weighted by molar-refractivity contribution is 5.84. The summed E-state index contributed by atoms with van der Waals surface area (Å²) in [6, 6.07) is 1.72. The largest absolute Gasteiger partial charge is 0.481 e. The first-order chi connectivity index (χ1) is 12.0. The third-order valence-electron chi connectivity index (χ3n) is 4.59. The van der Waals surface area contributed by atoms with Gasteiger partial charge in [-0.3, -0.25) is 4.79 Å². The van der Waals surface area contributed by atoms with Crippen molar-refractivity contribution in [2.45, 2.75) is 26.7 Å². The average molecular weight is 345 g/mol. The minimum absolute atomic E-state index is 0.0978. The smallest absolute Gasteiger partial charge is 0.230 e. The van der Waals surface area contributed by atoms with Crippen LogP contribution >= 0.6 is 0 Å². The lowest BCUT2D eigenvalue weighted by molar-refractivity contribution is -0.132. The van der Waals surface area contributed by atoms with E-state index in [1.54, 1.807) is 19.4 Å². The van der Waals surface area contributed by atoms with Crippen molar-refractivity contribution in [2.75, 3.05) is 38.2 Å². The third-order valence-corrected chi connectivity index (χ3v) is 4.59. The Labute approximate surface area is 146 Å². The number of ether oxygens (including phenoxy) is 1. The maximum absolute atomic E-state index is 12.8. The van der Waals surface area contributed by atoms with Crippen LogP contribution in [0, 0.1) is 13.8 Å². The minimum atomic E-state index is -0.258. The molecule has 134 valence electrons. The Morgan fingerprint density at radius 1 is 1.28 bits per heavy atom. The van der Waals surface area contributed by atoms with Crippen molar-refractivity contribution in [3.05, 3.63) is 29.3 Å². The average Bonchev–Trinajstić information content (AvgIpc) is 2.99. The number of hydrogen-bond donors (Lipinski definition) is 0. The molecule has 0 saturated carbocycles. The van der Waals surface area contributed by atoms with Gasteiger partial charge in [0.25, 0.3) is 0 Å². The van der Waals surface area contributed by atoms with Crippen LogP contribution in [-0.4, -0.2) is 59.2 Å². The Morgan fingerprint density at radius 3 is 2.60 bits per heavy atom. The highest BCUT2D eigenvalue weighted by Gasteiger charge is 2.29. The predicted octanol–water partition coefficient (Wildman–Crippen LogP) is 1.54. The van der Waals surface area contributed by atoms with Crippen LogP contribution in [0.2, 0.25) is 0 Å². The normalized spacial score (nSPS) is 16.0. The van der Waals surface area contributed by atoms with Gasteiger partial charge in [-0.05, 0) is 20.8 Å². The quantitative estimate of drug-likeness (QED) is 0.831. The van der Waals surface area contributed by atoms with Crippen molar-refractivity contribution in [2.24, 2.45) is 0 Å². The summed E-state index contributed by atoms with van der Waals surface area (Å²) in [7, 11) is 1.58. The number of methoxy groups -OCH3 is 1. The molecule has 1 aliphatic rings. The van der Waals surface area contributed by atoms with Crippen molar-refractivity contribution < 1.29 is 14.1 Å². The molecule has 3 heterocycles. The van der Waals surface area contributed by atoms with E-state index in [1.807, 2.05) is 25.7 Å². The number of amides is 1. The number of anilines is 1. The van der Waals surface area contributed by atoms with Crippen LogP contribution < -0.4 is 9.64 Å². The molecule has 1 amide bonds. The standard InChI is InChI=1S/C17H23N5O3/c1-11(15-12(2)20-25-13(15)3)16(23)21-7-9-22(10-8-21)17-18-6-5-14(19-17)24-4/h5-6,11H,7-10H2,1-4H3. The van der Waals surface area contributed by atoms with E-state index < -0.39 is 0 Å². The summed E-state index contributed by atoms with van der Waals surface area (Å²) in [5.74, 6) is 1.72. The van der Waals surface area contributed by atoms with Gasteiger partial charge in [0.15, 0.2) is 0 Å². The summed E-state index contributed by atoms with van der Waals surface area (Å²) in [5, 5.41) is 3.95. The van der Waals surface area contributed by atoms with Gasteiger partial charge >= 0.3 is 0 Å². The van der Waals surface area contributed by atoms with Gasteiger partial charge in [0.1, 0.15) is 5.76 Å². The fourth-order valence-corrected chi connectivity index (χ4v) is 3.23.